The van der Waals surface area contributed by atoms with Crippen LogP contribution in [0.2, 0.25) is 0 Å². The number of hydrogen-bond acceptors (Lipinski definition) is 5. The van der Waals surface area contributed by atoms with Crippen LogP contribution in [0.5, 0.6) is 0 Å². The van der Waals surface area contributed by atoms with Crippen LogP contribution >= 0.6 is 0 Å². The summed E-state index contributed by atoms with van der Waals surface area (Å²) in [5, 5.41) is 29.0. The molecule has 0 amide bonds. The van der Waals surface area contributed by atoms with Gasteiger partial charge < -0.3 is 5.11 Å². The van der Waals surface area contributed by atoms with Crippen LogP contribution < -0.4 is 0 Å². The molecule has 1 aliphatic rings. The highest BCUT2D eigenvalue weighted by Gasteiger charge is 2.29. The van der Waals surface area contributed by atoms with Gasteiger partial charge in [-0.05, 0) is 31.4 Å². The van der Waals surface area contributed by atoms with E-state index >= 15 is 0 Å². The molecule has 106 valence electrons. The van der Waals surface area contributed by atoms with Gasteiger partial charge in [-0.15, -0.1) is 5.11 Å². The van der Waals surface area contributed by atoms with Gasteiger partial charge in [-0.3, -0.25) is 15.1 Å². The van der Waals surface area contributed by atoms with Gasteiger partial charge >= 0.3 is 5.97 Å². The molecule has 0 spiro atoms. The lowest BCUT2D eigenvalue weighted by Gasteiger charge is -2.15. The van der Waals surface area contributed by atoms with Gasteiger partial charge in [0.05, 0.1) is 10.6 Å². The quantitative estimate of drug-likeness (QED) is 0.517. The molecule has 0 saturated carbocycles. The summed E-state index contributed by atoms with van der Waals surface area (Å²) >= 11 is 0. The summed E-state index contributed by atoms with van der Waals surface area (Å²) in [6.45, 7) is 2.24. The van der Waals surface area contributed by atoms with E-state index in [9.17, 15) is 14.9 Å². The molecule has 1 atom stereocenters. The molecule has 20 heavy (non-hydrogen) atoms. The van der Waals surface area contributed by atoms with Crippen molar-refractivity contribution in [2.24, 2.45) is 10.3 Å². The standard InChI is InChI=1S/C12H14N4O4/c1-8-7-9(16(19)20)4-5-10(8)13-14-15-6-2-3-11(15)12(17)18/h4-5,7,11H,2-3,6H2,1H3,(H,17,18)/b14-13+. The fourth-order valence-corrected chi connectivity index (χ4v) is 2.08. The Balaban J connectivity index is 2.15. The molecule has 8 nitrogen and oxygen atoms in total. The third-order valence-electron chi connectivity index (χ3n) is 3.17. The van der Waals surface area contributed by atoms with Crippen molar-refractivity contribution in [2.75, 3.05) is 6.54 Å². The van der Waals surface area contributed by atoms with Gasteiger partial charge in [-0.1, -0.05) is 5.22 Å². The number of non-ortho nitro benzene ring substituents is 1. The number of nitrogens with zero attached hydrogens (tertiary/aromatic N) is 4. The van der Waals surface area contributed by atoms with Crippen molar-refractivity contribution in [3.8, 4) is 0 Å². The summed E-state index contributed by atoms with van der Waals surface area (Å²) in [5.41, 5.74) is 1.10. The molecule has 0 aromatic heterocycles. The van der Waals surface area contributed by atoms with Crippen LogP contribution in [0.15, 0.2) is 28.5 Å². The molecule has 1 heterocycles. The molecule has 2 rings (SSSR count). The Morgan fingerprint density at radius 2 is 2.30 bits per heavy atom. The number of aliphatic carboxylic acids is 1. The SMILES string of the molecule is Cc1cc([N+](=O)[O-])ccc1/N=N/N1CCCC1C(=O)O. The minimum absolute atomic E-state index is 0.00830. The normalized spacial score (nSPS) is 18.6. The first kappa shape index (κ1) is 13.9. The van der Waals surface area contributed by atoms with Crippen LogP contribution in [-0.2, 0) is 4.79 Å². The van der Waals surface area contributed by atoms with Gasteiger partial charge in [-0.2, -0.15) is 0 Å². The summed E-state index contributed by atoms with van der Waals surface area (Å²) in [7, 11) is 0. The van der Waals surface area contributed by atoms with Gasteiger partial charge in [-0.25, -0.2) is 4.79 Å². The average Bonchev–Trinajstić information content (AvgIpc) is 2.85. The van der Waals surface area contributed by atoms with Gasteiger partial charge in [0.25, 0.3) is 5.69 Å². The zero-order chi connectivity index (χ0) is 14.7. The van der Waals surface area contributed by atoms with Gasteiger partial charge in [0.2, 0.25) is 0 Å². The molecule has 1 N–H and O–H groups in total. The van der Waals surface area contributed by atoms with Gasteiger partial charge in [0, 0.05) is 18.7 Å². The number of carbonyl (C=O) groups is 1. The number of carboxylic acid groups (broad SMARTS) is 1. The van der Waals surface area contributed by atoms with Crippen LogP contribution in [0.3, 0.4) is 0 Å². The van der Waals surface area contributed by atoms with Crippen LogP contribution in [0.4, 0.5) is 11.4 Å². The average molecular weight is 278 g/mol. The molecule has 0 aliphatic carbocycles. The minimum atomic E-state index is -0.915. The highest BCUT2D eigenvalue weighted by atomic mass is 16.6. The molecule has 1 saturated heterocycles. The molecule has 1 aromatic rings. The first-order valence-corrected chi connectivity index (χ1v) is 6.15. The van der Waals surface area contributed by atoms with Crippen LogP contribution in [0, 0.1) is 17.0 Å². The Labute approximate surface area is 114 Å². The van der Waals surface area contributed by atoms with Crippen molar-refractivity contribution in [1.29, 1.82) is 0 Å². The van der Waals surface area contributed by atoms with Crippen LogP contribution in [0.1, 0.15) is 18.4 Å². The van der Waals surface area contributed by atoms with E-state index in [0.29, 0.717) is 24.2 Å². The number of nitro groups is 1. The van der Waals surface area contributed by atoms with Crippen molar-refractivity contribution < 1.29 is 14.8 Å². The van der Waals surface area contributed by atoms with Gasteiger partial charge in [0.1, 0.15) is 6.04 Å². The van der Waals surface area contributed by atoms with Crippen molar-refractivity contribution in [1.82, 2.24) is 5.01 Å². The fourth-order valence-electron chi connectivity index (χ4n) is 2.08. The van der Waals surface area contributed by atoms with E-state index in [1.165, 1.54) is 23.2 Å². The largest absolute Gasteiger partial charge is 0.480 e. The van der Waals surface area contributed by atoms with Crippen LogP contribution in [-0.4, -0.2) is 33.6 Å². The van der Waals surface area contributed by atoms with Gasteiger partial charge in [0.15, 0.2) is 0 Å². The number of carboxylic acids is 1. The molecule has 1 fully saturated rings. The first-order valence-electron chi connectivity index (χ1n) is 6.15. The Hall–Kier alpha value is -2.51. The van der Waals surface area contributed by atoms with E-state index in [-0.39, 0.29) is 5.69 Å². The topological polar surface area (TPSA) is 108 Å². The second-order valence-electron chi connectivity index (χ2n) is 4.58. The van der Waals surface area contributed by atoms with E-state index in [4.69, 9.17) is 5.11 Å². The summed E-state index contributed by atoms with van der Waals surface area (Å²) in [5.74, 6) is -0.915. The summed E-state index contributed by atoms with van der Waals surface area (Å²) in [4.78, 5) is 21.1. The van der Waals surface area contributed by atoms with Crippen LogP contribution in [0.25, 0.3) is 0 Å². The maximum atomic E-state index is 11.0. The van der Waals surface area contributed by atoms with E-state index in [1.807, 2.05) is 0 Å². The van der Waals surface area contributed by atoms with Crippen molar-refractivity contribution in [3.05, 3.63) is 33.9 Å². The zero-order valence-electron chi connectivity index (χ0n) is 10.9. The van der Waals surface area contributed by atoms with E-state index in [1.54, 1.807) is 6.92 Å². The van der Waals surface area contributed by atoms with Crippen molar-refractivity contribution in [2.45, 2.75) is 25.8 Å². The maximum absolute atomic E-state index is 11.0. The number of aryl methyl sites for hydroxylation is 1. The summed E-state index contributed by atoms with van der Waals surface area (Å²) in [6.07, 6.45) is 1.31. The number of hydrogen-bond donors (Lipinski definition) is 1. The third kappa shape index (κ3) is 2.90. The lowest BCUT2D eigenvalue weighted by Crippen LogP contribution is -2.31. The highest BCUT2D eigenvalue weighted by molar-refractivity contribution is 5.73. The fraction of sp³-hybridized carbons (Fsp3) is 0.417. The molecule has 0 bridgehead atoms. The predicted octanol–water partition coefficient (Wildman–Crippen LogP) is 2.45. The lowest BCUT2D eigenvalue weighted by atomic mass is 10.2. The Bertz CT molecular complexity index is 573. The zero-order valence-corrected chi connectivity index (χ0v) is 10.9. The van der Waals surface area contributed by atoms with E-state index in [2.05, 4.69) is 10.3 Å². The molecule has 8 heteroatoms. The molecular formula is C12H14N4O4. The molecule has 1 unspecified atom stereocenters. The smallest absolute Gasteiger partial charge is 0.328 e. The van der Waals surface area contributed by atoms with E-state index in [0.717, 1.165) is 6.42 Å². The van der Waals surface area contributed by atoms with E-state index < -0.39 is 16.9 Å². The Kier molecular flexibility index (Phi) is 3.92. The first-order chi connectivity index (χ1) is 9.49. The monoisotopic (exact) mass is 278 g/mol. The summed E-state index contributed by atoms with van der Waals surface area (Å²) in [6, 6.07) is 3.62. The Morgan fingerprint density at radius 3 is 2.90 bits per heavy atom. The van der Waals surface area contributed by atoms with Crippen molar-refractivity contribution >= 4 is 17.3 Å². The lowest BCUT2D eigenvalue weighted by molar-refractivity contribution is -0.384. The van der Waals surface area contributed by atoms with Crippen molar-refractivity contribution in [3.63, 3.8) is 0 Å². The molecule has 1 aliphatic heterocycles. The highest BCUT2D eigenvalue weighted by Crippen LogP contribution is 2.25. The molecule has 1 aromatic carbocycles. The maximum Gasteiger partial charge on any atom is 0.328 e. The minimum Gasteiger partial charge on any atom is -0.480 e. The second kappa shape index (κ2) is 5.64. The second-order valence-corrected chi connectivity index (χ2v) is 4.58. The number of benzene rings is 1. The number of nitro benzene ring substituents is 1. The predicted molar refractivity (Wildman–Crippen MR) is 69.7 cm³/mol. The number of rotatable bonds is 4. The summed E-state index contributed by atoms with van der Waals surface area (Å²) < 4.78 is 0. The third-order valence-corrected chi connectivity index (χ3v) is 3.17. The molecule has 0 radical (unpaired) electrons. The Morgan fingerprint density at radius 1 is 1.55 bits per heavy atom. The molecular weight excluding hydrogens is 264 g/mol.